The fourth-order valence-electron chi connectivity index (χ4n) is 4.44. The van der Waals surface area contributed by atoms with Gasteiger partial charge in [0.2, 0.25) is 0 Å². The highest BCUT2D eigenvalue weighted by atomic mass is 35.5. The third-order valence-corrected chi connectivity index (χ3v) is 7.49. The van der Waals surface area contributed by atoms with E-state index >= 15 is 0 Å². The summed E-state index contributed by atoms with van der Waals surface area (Å²) in [5, 5.41) is 15.6. The molecule has 166 valence electrons. The number of rotatable bonds is 6. The predicted octanol–water partition coefficient (Wildman–Crippen LogP) is 6.09. The van der Waals surface area contributed by atoms with Crippen LogP contribution in [0.1, 0.15) is 22.6 Å². The van der Waals surface area contributed by atoms with Crippen LogP contribution >= 0.6 is 22.9 Å². The van der Waals surface area contributed by atoms with Crippen LogP contribution in [0.25, 0.3) is 21.2 Å². The minimum atomic E-state index is -1.12. The lowest BCUT2D eigenvalue weighted by molar-refractivity contribution is -0.139. The molecule has 3 aromatic carbocycles. The Morgan fingerprint density at radius 2 is 1.67 bits per heavy atom. The molecular formula is C26H20ClNO4S. The smallest absolute Gasteiger partial charge is 0.407 e. The summed E-state index contributed by atoms with van der Waals surface area (Å²) in [6.45, 7) is 0.128. The molecule has 0 radical (unpaired) electrons. The number of benzene rings is 3. The molecule has 0 spiro atoms. The molecule has 7 heteroatoms. The molecule has 0 saturated heterocycles. The molecule has 1 heterocycles. The molecule has 1 atom stereocenters. The van der Waals surface area contributed by atoms with Crippen molar-refractivity contribution < 1.29 is 19.4 Å². The van der Waals surface area contributed by atoms with Gasteiger partial charge in [0, 0.05) is 12.3 Å². The van der Waals surface area contributed by atoms with Gasteiger partial charge in [-0.05, 0) is 44.6 Å². The summed E-state index contributed by atoms with van der Waals surface area (Å²) < 4.78 is 6.42. The third kappa shape index (κ3) is 4.08. The van der Waals surface area contributed by atoms with Crippen LogP contribution < -0.4 is 5.32 Å². The number of aliphatic carboxylic acids is 1. The van der Waals surface area contributed by atoms with Crippen LogP contribution in [0.3, 0.4) is 0 Å². The highest BCUT2D eigenvalue weighted by Crippen LogP contribution is 2.44. The van der Waals surface area contributed by atoms with Crippen molar-refractivity contribution in [1.29, 1.82) is 0 Å². The van der Waals surface area contributed by atoms with E-state index in [0.29, 0.717) is 5.02 Å². The highest BCUT2D eigenvalue weighted by molar-refractivity contribution is 7.18. The maximum Gasteiger partial charge on any atom is 0.407 e. The first kappa shape index (κ1) is 21.5. The zero-order chi connectivity index (χ0) is 22.9. The number of amides is 1. The first-order valence-electron chi connectivity index (χ1n) is 10.5. The van der Waals surface area contributed by atoms with Gasteiger partial charge >= 0.3 is 12.1 Å². The number of carboxylic acids is 1. The van der Waals surface area contributed by atoms with Crippen LogP contribution in [0.4, 0.5) is 4.79 Å². The van der Waals surface area contributed by atoms with Crippen molar-refractivity contribution in [2.45, 2.75) is 18.4 Å². The van der Waals surface area contributed by atoms with Crippen molar-refractivity contribution in [2.75, 3.05) is 6.61 Å². The van der Waals surface area contributed by atoms with Gasteiger partial charge in [-0.2, -0.15) is 0 Å². The number of fused-ring (bicyclic) bond motifs is 4. The summed E-state index contributed by atoms with van der Waals surface area (Å²) in [5.41, 5.74) is 5.29. The van der Waals surface area contributed by atoms with Crippen LogP contribution in [0, 0.1) is 0 Å². The number of halogens is 1. The molecule has 0 aliphatic heterocycles. The molecule has 0 unspecified atom stereocenters. The number of carbonyl (C=O) groups is 2. The second-order valence-corrected chi connectivity index (χ2v) is 9.23. The number of alkyl carbamates (subject to hydrolysis) is 1. The molecule has 1 aromatic heterocycles. The van der Waals surface area contributed by atoms with E-state index in [4.69, 9.17) is 16.3 Å². The quantitative estimate of drug-likeness (QED) is 0.352. The number of nitrogens with one attached hydrogen (secondary N) is 1. The fourth-order valence-corrected chi connectivity index (χ4v) is 5.73. The molecule has 2 N–H and O–H groups in total. The van der Waals surface area contributed by atoms with E-state index in [1.54, 1.807) is 6.07 Å². The Labute approximate surface area is 199 Å². The van der Waals surface area contributed by atoms with E-state index < -0.39 is 18.1 Å². The van der Waals surface area contributed by atoms with Gasteiger partial charge in [-0.25, -0.2) is 9.59 Å². The van der Waals surface area contributed by atoms with E-state index in [2.05, 4.69) is 17.4 Å². The molecule has 0 fully saturated rings. The lowest BCUT2D eigenvalue weighted by Gasteiger charge is -2.17. The SMILES string of the molecule is O=C(N[C@@H](Cc1csc2c(Cl)cccc12)C(=O)O)OCC1c2ccccc2-c2ccccc21. The van der Waals surface area contributed by atoms with Gasteiger partial charge in [-0.3, -0.25) is 0 Å². The second-order valence-electron chi connectivity index (χ2n) is 7.94. The van der Waals surface area contributed by atoms with Crippen LogP contribution in [-0.2, 0) is 16.0 Å². The number of carboxylic acid groups (broad SMARTS) is 1. The number of carbonyl (C=O) groups excluding carboxylic acids is 1. The Morgan fingerprint density at radius 3 is 2.33 bits per heavy atom. The first-order valence-corrected chi connectivity index (χ1v) is 11.8. The lowest BCUT2D eigenvalue weighted by Crippen LogP contribution is -2.42. The molecule has 1 aliphatic rings. The van der Waals surface area contributed by atoms with Crippen molar-refractivity contribution >= 4 is 45.1 Å². The predicted molar refractivity (Wildman–Crippen MR) is 130 cm³/mol. The monoisotopic (exact) mass is 477 g/mol. The Bertz CT molecular complexity index is 1320. The Hall–Kier alpha value is -3.35. The van der Waals surface area contributed by atoms with Crippen LogP contribution in [-0.4, -0.2) is 29.8 Å². The molecule has 1 aliphatic carbocycles. The van der Waals surface area contributed by atoms with E-state index in [9.17, 15) is 14.7 Å². The van der Waals surface area contributed by atoms with Gasteiger partial charge in [0.25, 0.3) is 0 Å². The Morgan fingerprint density at radius 1 is 1.00 bits per heavy atom. The molecule has 5 nitrogen and oxygen atoms in total. The number of hydrogen-bond donors (Lipinski definition) is 2. The fraction of sp³-hybridized carbons (Fsp3) is 0.154. The molecule has 33 heavy (non-hydrogen) atoms. The van der Waals surface area contributed by atoms with Gasteiger partial charge in [0.05, 0.1) is 9.72 Å². The summed E-state index contributed by atoms with van der Waals surface area (Å²) in [7, 11) is 0. The van der Waals surface area contributed by atoms with E-state index in [1.807, 2.05) is 53.9 Å². The van der Waals surface area contributed by atoms with Gasteiger partial charge in [0.1, 0.15) is 12.6 Å². The molecule has 0 bridgehead atoms. The standard InChI is InChI=1S/C26H20ClNO4S/c27-22-11-5-10-16-15(14-33-24(16)22)12-23(25(29)30)28-26(31)32-13-21-19-8-3-1-6-17(19)18-7-2-4-9-20(18)21/h1-11,14,21,23H,12-13H2,(H,28,31)(H,29,30)/t23-/m0/s1. The number of hydrogen-bond acceptors (Lipinski definition) is 4. The number of thiophene rings is 1. The highest BCUT2D eigenvalue weighted by Gasteiger charge is 2.30. The van der Waals surface area contributed by atoms with Crippen LogP contribution in [0.5, 0.6) is 0 Å². The maximum absolute atomic E-state index is 12.6. The Balaban J connectivity index is 1.29. The topological polar surface area (TPSA) is 75.6 Å². The summed E-state index contributed by atoms with van der Waals surface area (Å²) in [6, 6.07) is 20.5. The zero-order valence-corrected chi connectivity index (χ0v) is 19.0. The number of ether oxygens (including phenoxy) is 1. The largest absolute Gasteiger partial charge is 0.480 e. The van der Waals surface area contributed by atoms with E-state index in [0.717, 1.165) is 37.9 Å². The summed E-state index contributed by atoms with van der Waals surface area (Å²) in [5.74, 6) is -1.21. The summed E-state index contributed by atoms with van der Waals surface area (Å²) in [4.78, 5) is 24.4. The van der Waals surface area contributed by atoms with E-state index in [1.165, 1.54) is 11.3 Å². The van der Waals surface area contributed by atoms with Crippen molar-refractivity contribution in [3.8, 4) is 11.1 Å². The van der Waals surface area contributed by atoms with Crippen molar-refractivity contribution in [1.82, 2.24) is 5.32 Å². The third-order valence-electron chi connectivity index (χ3n) is 5.99. The molecule has 0 saturated carbocycles. The van der Waals surface area contributed by atoms with Crippen molar-refractivity contribution in [2.24, 2.45) is 0 Å². The minimum absolute atomic E-state index is 0.0885. The van der Waals surface area contributed by atoms with Gasteiger partial charge in [-0.1, -0.05) is 72.3 Å². The van der Waals surface area contributed by atoms with Crippen molar-refractivity contribution in [3.05, 3.63) is 93.8 Å². The average Bonchev–Trinajstić information content (AvgIpc) is 3.37. The minimum Gasteiger partial charge on any atom is -0.480 e. The van der Waals surface area contributed by atoms with Crippen LogP contribution in [0.2, 0.25) is 5.02 Å². The van der Waals surface area contributed by atoms with Crippen LogP contribution in [0.15, 0.2) is 72.1 Å². The second kappa shape index (κ2) is 8.89. The molecule has 1 amide bonds. The molecular weight excluding hydrogens is 458 g/mol. The first-order chi connectivity index (χ1) is 16.0. The Kier molecular flexibility index (Phi) is 5.79. The normalized spacial score (nSPS) is 13.4. The summed E-state index contributed by atoms with van der Waals surface area (Å²) in [6.07, 6.45) is -0.610. The molecule has 5 rings (SSSR count). The average molecular weight is 478 g/mol. The van der Waals surface area contributed by atoms with Gasteiger partial charge in [0.15, 0.2) is 0 Å². The van der Waals surface area contributed by atoms with E-state index in [-0.39, 0.29) is 18.9 Å². The van der Waals surface area contributed by atoms with Gasteiger partial charge < -0.3 is 15.2 Å². The van der Waals surface area contributed by atoms with Crippen molar-refractivity contribution in [3.63, 3.8) is 0 Å². The maximum atomic E-state index is 12.6. The summed E-state index contributed by atoms with van der Waals surface area (Å²) >= 11 is 7.69. The lowest BCUT2D eigenvalue weighted by atomic mass is 9.98. The zero-order valence-electron chi connectivity index (χ0n) is 17.5. The molecule has 4 aromatic rings. The van der Waals surface area contributed by atoms with Gasteiger partial charge in [-0.15, -0.1) is 11.3 Å².